The molecule has 9 aliphatic rings. The number of benzene rings is 3. The first-order chi connectivity index (χ1) is 50.7. The summed E-state index contributed by atoms with van der Waals surface area (Å²) in [5.74, 6) is 0.742. The SMILES string of the molecule is CSC1O[C@H]([C@H](NC(=O)[C@H]2NC[C@@H]3C[C@@H](c4ccc(C)cc4)CCO[C@H]32)[C@H](C)Cl)C(O)[C@@H](O)[C@H]1O.CSC1O[C@H]([C@H](NC(=O)[C@H]2NC[C@@H]3C[C@H](c4ccc(C)cc4)CCO[C@H]32)[C@H](C)Cl)C(O)[C@@H](O)[C@H]1O.CSC1O[C@H]([C@H](NC(=O)[C@H]2NC[C@@H]3C[C@H](c4ccc(CO)cc4)CCO[C@H]32)[C@H](C)Cl)C(O)[C@@H](O)[C@H]1O. The Morgan fingerprint density at radius 2 is 0.698 bits per heavy atom. The van der Waals surface area contributed by atoms with Gasteiger partial charge in [-0.1, -0.05) is 83.9 Å². The minimum Gasteiger partial charge on any atom is -0.392 e. The monoisotopic (exact) mass is 1600 g/mol. The topological polar surface area (TPSA) is 381 Å². The molecule has 31 heteroatoms. The van der Waals surface area contributed by atoms with Crippen molar-refractivity contribution in [1.82, 2.24) is 31.9 Å². The van der Waals surface area contributed by atoms with Gasteiger partial charge in [-0.15, -0.1) is 70.1 Å². The van der Waals surface area contributed by atoms with Crippen LogP contribution in [0.3, 0.4) is 0 Å². The Balaban J connectivity index is 0.000000170. The maximum absolute atomic E-state index is 13.4. The standard InChI is InChI=1S/C25H37ClN2O7S.2C25H37ClN2O6S/c1-12(26)17(23-20(31)19(30)21(32)25(35-23)36-2)28-24(33)18-22-16(10-27-18)9-15(7-8-34-22)14-5-3-13(11-29)4-6-14;2*1-12-4-6-14(7-5-12)15-8-9-33-22-16(10-15)11-27-18(22)24(32)28-17(13(2)26)23-20(30)19(29)21(31)25(34-23)35-3/h3-6,12,15-23,25,27,29-32H,7-11H2,1-2H3,(H,28,33);2*4-7,13,15-23,25,27,29-31H,8-11H2,1-3H3,(H,28,32)/t12-,15+,16-,17+,18-,19+,20?,21+,22+,23+,25?;13-,15+,16-,17+,18-,19+,20?,21+,22+,23+,25?;13-,15-,16-,17+,18-,19+,20?,21+,22+,23+,25?/m000/s1. The van der Waals surface area contributed by atoms with Crippen LogP contribution < -0.4 is 31.9 Å². The average molecular weight is 1600 g/mol. The van der Waals surface area contributed by atoms with E-state index in [9.17, 15) is 65.4 Å². The highest BCUT2D eigenvalue weighted by molar-refractivity contribution is 7.99. The lowest BCUT2D eigenvalue weighted by atomic mass is 9.85. The van der Waals surface area contributed by atoms with E-state index in [0.29, 0.717) is 57.2 Å². The van der Waals surface area contributed by atoms with Crippen LogP contribution in [0.2, 0.25) is 0 Å². The van der Waals surface area contributed by atoms with Gasteiger partial charge in [0, 0.05) is 57.2 Å². The highest BCUT2D eigenvalue weighted by Gasteiger charge is 2.54. The molecule has 106 heavy (non-hydrogen) atoms. The fourth-order valence-corrected chi connectivity index (χ4v) is 19.3. The van der Waals surface area contributed by atoms with Crippen molar-refractivity contribution in [3.8, 4) is 0 Å². The van der Waals surface area contributed by atoms with Crippen molar-refractivity contribution in [2.75, 3.05) is 58.2 Å². The van der Waals surface area contributed by atoms with Gasteiger partial charge >= 0.3 is 0 Å². The Morgan fingerprint density at radius 3 is 0.943 bits per heavy atom. The highest BCUT2D eigenvalue weighted by Crippen LogP contribution is 2.41. The normalized spacial score (nSPS) is 39.1. The number of ether oxygens (including phenoxy) is 6. The van der Waals surface area contributed by atoms with E-state index in [0.717, 1.165) is 44.1 Å². The third-order valence-corrected chi connectivity index (χ3v) is 26.2. The van der Waals surface area contributed by atoms with E-state index in [4.69, 9.17) is 63.2 Å². The Bertz CT molecular complexity index is 3120. The molecule has 16 N–H and O–H groups in total. The third-order valence-electron chi connectivity index (χ3n) is 22.8. The molecule has 6 unspecified atom stereocenters. The molecule has 0 aromatic heterocycles. The van der Waals surface area contributed by atoms with Crippen LogP contribution in [0.5, 0.6) is 0 Å². The van der Waals surface area contributed by atoms with Crippen molar-refractivity contribution in [3.05, 3.63) is 106 Å². The summed E-state index contributed by atoms with van der Waals surface area (Å²) in [5, 5.41) is 120. The molecule has 0 spiro atoms. The van der Waals surface area contributed by atoms with Gasteiger partial charge in [-0.3, -0.25) is 14.4 Å². The number of thioether (sulfide) groups is 3. The number of carbonyl (C=O) groups is 3. The largest absolute Gasteiger partial charge is 0.392 e. The quantitative estimate of drug-likeness (QED) is 0.0767. The lowest BCUT2D eigenvalue weighted by Crippen LogP contribution is -2.65. The molecule has 3 aromatic carbocycles. The van der Waals surface area contributed by atoms with Crippen LogP contribution in [0.1, 0.15) is 110 Å². The molecular formula is C75H111Cl3N6O19S3. The highest BCUT2D eigenvalue weighted by atomic mass is 35.5. The third kappa shape index (κ3) is 20.2. The lowest BCUT2D eigenvalue weighted by Gasteiger charge is -2.44. The molecule has 9 heterocycles. The summed E-state index contributed by atoms with van der Waals surface area (Å²) in [7, 11) is 0. The van der Waals surface area contributed by atoms with Gasteiger partial charge in [-0.25, -0.2) is 0 Å². The molecule has 9 saturated heterocycles. The molecule has 0 aliphatic carbocycles. The number of nitrogens with one attached hydrogen (secondary N) is 6. The van der Waals surface area contributed by atoms with Crippen molar-refractivity contribution in [2.45, 2.75) is 258 Å². The minimum atomic E-state index is -1.42. The van der Waals surface area contributed by atoms with Gasteiger partial charge < -0.3 is 111 Å². The van der Waals surface area contributed by atoms with Crippen LogP contribution in [-0.4, -0.2) is 287 Å². The first-order valence-electron chi connectivity index (χ1n) is 37.0. The first kappa shape index (κ1) is 85.7. The van der Waals surface area contributed by atoms with E-state index < -0.39 is 142 Å². The van der Waals surface area contributed by atoms with Crippen molar-refractivity contribution in [3.63, 3.8) is 0 Å². The van der Waals surface area contributed by atoms with Gasteiger partial charge in [-0.05, 0) is 132 Å². The zero-order valence-electron chi connectivity index (χ0n) is 61.2. The van der Waals surface area contributed by atoms with Crippen molar-refractivity contribution in [1.29, 1.82) is 0 Å². The summed E-state index contributed by atoms with van der Waals surface area (Å²) < 4.78 is 36.2. The summed E-state index contributed by atoms with van der Waals surface area (Å²) in [6.07, 6.45) is -5.31. The number of fused-ring (bicyclic) bond motifs is 3. The van der Waals surface area contributed by atoms with E-state index in [1.54, 1.807) is 39.5 Å². The number of hydrogen-bond acceptors (Lipinski definition) is 25. The van der Waals surface area contributed by atoms with Crippen LogP contribution >= 0.6 is 70.1 Å². The zero-order valence-corrected chi connectivity index (χ0v) is 65.9. The van der Waals surface area contributed by atoms with E-state index >= 15 is 0 Å². The van der Waals surface area contributed by atoms with E-state index in [1.165, 1.54) is 63.1 Å². The van der Waals surface area contributed by atoms with Gasteiger partial charge in [-0.2, -0.15) is 0 Å². The summed E-state index contributed by atoms with van der Waals surface area (Å²) in [4.78, 5) is 40.2. The number of carbonyl (C=O) groups excluding carboxylic acids is 3. The zero-order chi connectivity index (χ0) is 76.5. The van der Waals surface area contributed by atoms with Crippen molar-refractivity contribution in [2.24, 2.45) is 17.8 Å². The number of rotatable bonds is 19. The van der Waals surface area contributed by atoms with Gasteiger partial charge in [0.2, 0.25) is 17.7 Å². The smallest absolute Gasteiger partial charge is 0.240 e. The molecule has 12 rings (SSSR count). The van der Waals surface area contributed by atoms with Gasteiger partial charge in [0.15, 0.2) is 0 Å². The van der Waals surface area contributed by atoms with Gasteiger partial charge in [0.05, 0.1) is 59.2 Å². The fourth-order valence-electron chi connectivity index (χ4n) is 16.6. The molecular weight excluding hydrogens is 1490 g/mol. The maximum atomic E-state index is 13.4. The van der Waals surface area contributed by atoms with Crippen LogP contribution in [0.25, 0.3) is 0 Å². The first-order valence-corrected chi connectivity index (χ1v) is 42.2. The molecule has 9 fully saturated rings. The van der Waals surface area contributed by atoms with Crippen LogP contribution in [0, 0.1) is 31.6 Å². The van der Waals surface area contributed by atoms with Crippen molar-refractivity contribution >= 4 is 87.8 Å². The van der Waals surface area contributed by atoms with E-state index in [-0.39, 0.29) is 60.4 Å². The molecule has 33 atom stereocenters. The fraction of sp³-hybridized carbons (Fsp3) is 0.720. The Kier molecular flexibility index (Phi) is 31.8. The summed E-state index contributed by atoms with van der Waals surface area (Å²) >= 11 is 22.9. The average Bonchev–Trinajstić information content (AvgIpc) is 1.03. The molecule has 3 amide bonds. The summed E-state index contributed by atoms with van der Waals surface area (Å²) in [6.45, 7) is 12.9. The predicted octanol–water partition coefficient (Wildman–Crippen LogP) is 2.57. The van der Waals surface area contributed by atoms with E-state index in [1.807, 2.05) is 12.1 Å². The summed E-state index contributed by atoms with van der Waals surface area (Å²) in [5.41, 5.74) is 4.90. The molecule has 0 radical (unpaired) electrons. The maximum Gasteiger partial charge on any atom is 0.240 e. The van der Waals surface area contributed by atoms with Crippen molar-refractivity contribution < 1.29 is 93.9 Å². The van der Waals surface area contributed by atoms with Crippen LogP contribution in [0.4, 0.5) is 0 Å². The Hall–Kier alpha value is -2.77. The lowest BCUT2D eigenvalue weighted by molar-refractivity contribution is -0.205. The second-order valence-corrected chi connectivity index (χ2v) is 34.9. The number of hydrogen-bond donors (Lipinski definition) is 16. The molecule has 9 aliphatic heterocycles. The van der Waals surface area contributed by atoms with Gasteiger partial charge in [0.25, 0.3) is 0 Å². The minimum absolute atomic E-state index is 0.0157. The number of alkyl halides is 3. The van der Waals surface area contributed by atoms with Gasteiger partial charge in [0.1, 0.15) is 108 Å². The van der Waals surface area contributed by atoms with Crippen LogP contribution in [0.15, 0.2) is 72.8 Å². The number of aliphatic hydroxyl groups is 10. The molecule has 3 aromatic rings. The van der Waals surface area contributed by atoms with Crippen LogP contribution in [-0.2, 0) is 49.4 Å². The molecule has 0 saturated carbocycles. The number of halogens is 3. The van der Waals surface area contributed by atoms with E-state index in [2.05, 4.69) is 106 Å². The molecule has 25 nitrogen and oxygen atoms in total. The Morgan fingerprint density at radius 1 is 0.434 bits per heavy atom. The Labute approximate surface area is 649 Å². The second-order valence-electron chi connectivity index (χ2n) is 30.0. The summed E-state index contributed by atoms with van der Waals surface area (Å²) in [6, 6.07) is 21.2. The molecule has 594 valence electrons. The predicted molar refractivity (Wildman–Crippen MR) is 408 cm³/mol. The second kappa shape index (κ2) is 39.3. The number of amides is 3. The number of aliphatic hydroxyl groups excluding tert-OH is 10. The number of aryl methyl sites for hydroxylation is 2. The molecule has 0 bridgehead atoms.